The number of aromatic carboxylic acids is 1. The maximum atomic E-state index is 10.3. The minimum absolute atomic E-state index is 0.130. The van der Waals surface area contributed by atoms with Crippen molar-refractivity contribution in [3.8, 4) is 0 Å². The van der Waals surface area contributed by atoms with Crippen LogP contribution < -0.4 is 0 Å². The van der Waals surface area contributed by atoms with Gasteiger partial charge in [-0.3, -0.25) is 0 Å². The number of carbonyl (C=O) groups is 1. The first-order valence-corrected chi connectivity index (χ1v) is 4.15. The molecule has 0 spiro atoms. The number of thiazole rings is 1. The SMILES string of the molecule is O=C(O)c1sc(Cl)nc1Br. The van der Waals surface area contributed by atoms with Gasteiger partial charge in [-0.25, -0.2) is 9.78 Å². The molecule has 6 heteroatoms. The van der Waals surface area contributed by atoms with E-state index in [1.807, 2.05) is 0 Å². The van der Waals surface area contributed by atoms with Crippen molar-refractivity contribution in [2.75, 3.05) is 0 Å². The summed E-state index contributed by atoms with van der Waals surface area (Å²) in [5, 5.41) is 8.46. The summed E-state index contributed by atoms with van der Waals surface area (Å²) >= 11 is 9.31. The first-order valence-electron chi connectivity index (χ1n) is 2.16. The van der Waals surface area contributed by atoms with Crippen molar-refractivity contribution < 1.29 is 9.90 Å². The molecule has 0 saturated carbocycles. The standard InChI is InChI=1S/C4HBrClNO2S/c5-2-1(3(8)9)10-4(6)7-2/h(H,8,9). The molecule has 0 aliphatic carbocycles. The zero-order valence-corrected chi connectivity index (χ0v) is 7.63. The summed E-state index contributed by atoms with van der Waals surface area (Å²) in [4.78, 5) is 14.1. The Labute approximate surface area is 73.8 Å². The van der Waals surface area contributed by atoms with Gasteiger partial charge < -0.3 is 5.11 Å². The largest absolute Gasteiger partial charge is 0.477 e. The van der Waals surface area contributed by atoms with Gasteiger partial charge in [0.05, 0.1) is 0 Å². The Bertz CT molecular complexity index is 274. The Kier molecular flexibility index (Phi) is 2.28. The maximum absolute atomic E-state index is 10.3. The fourth-order valence-electron chi connectivity index (χ4n) is 0.409. The van der Waals surface area contributed by atoms with Crippen molar-refractivity contribution in [3.05, 3.63) is 13.9 Å². The van der Waals surface area contributed by atoms with E-state index >= 15 is 0 Å². The van der Waals surface area contributed by atoms with Crippen LogP contribution in [0.1, 0.15) is 9.67 Å². The first-order chi connectivity index (χ1) is 4.61. The molecular weight excluding hydrogens is 241 g/mol. The minimum Gasteiger partial charge on any atom is -0.477 e. The molecule has 1 N–H and O–H groups in total. The molecule has 3 nitrogen and oxygen atoms in total. The molecule has 0 aromatic carbocycles. The minimum atomic E-state index is -1.02. The van der Waals surface area contributed by atoms with Crippen molar-refractivity contribution >= 4 is 44.8 Å². The predicted octanol–water partition coefficient (Wildman–Crippen LogP) is 2.26. The van der Waals surface area contributed by atoms with Crippen molar-refractivity contribution in [1.29, 1.82) is 0 Å². The van der Waals surface area contributed by atoms with E-state index in [-0.39, 0.29) is 13.9 Å². The van der Waals surface area contributed by atoms with Crippen LogP contribution in [-0.4, -0.2) is 16.1 Å². The van der Waals surface area contributed by atoms with Gasteiger partial charge in [-0.05, 0) is 15.9 Å². The van der Waals surface area contributed by atoms with Gasteiger partial charge in [-0.2, -0.15) is 0 Å². The molecule has 0 saturated heterocycles. The Morgan fingerprint density at radius 2 is 2.40 bits per heavy atom. The number of hydrogen-bond acceptors (Lipinski definition) is 3. The molecule has 54 valence electrons. The molecule has 0 bridgehead atoms. The topological polar surface area (TPSA) is 50.2 Å². The van der Waals surface area contributed by atoms with Crippen LogP contribution in [0.15, 0.2) is 4.60 Å². The third-order valence-corrected chi connectivity index (χ3v) is 2.74. The molecule has 0 amide bonds. The lowest BCUT2D eigenvalue weighted by Gasteiger charge is -1.82. The molecule has 0 unspecified atom stereocenters. The number of carboxylic acid groups (broad SMARTS) is 1. The van der Waals surface area contributed by atoms with Crippen LogP contribution in [0, 0.1) is 0 Å². The predicted molar refractivity (Wildman–Crippen MR) is 41.8 cm³/mol. The zero-order valence-electron chi connectivity index (χ0n) is 4.47. The number of hydrogen-bond donors (Lipinski definition) is 1. The Hall–Kier alpha value is -0.130. The molecule has 1 heterocycles. The van der Waals surface area contributed by atoms with Crippen molar-refractivity contribution in [2.24, 2.45) is 0 Å². The second-order valence-corrected chi connectivity index (χ2v) is 3.72. The summed E-state index contributed by atoms with van der Waals surface area (Å²) in [7, 11) is 0. The number of halogens is 2. The normalized spacial score (nSPS) is 9.80. The molecule has 0 atom stereocenters. The number of aromatic nitrogens is 1. The van der Waals surface area contributed by atoms with Gasteiger partial charge in [0.25, 0.3) is 0 Å². The lowest BCUT2D eigenvalue weighted by Crippen LogP contribution is -1.91. The van der Waals surface area contributed by atoms with Crippen LogP contribution in [0.25, 0.3) is 0 Å². The Morgan fingerprint density at radius 1 is 1.80 bits per heavy atom. The Balaban J connectivity index is 3.15. The molecule has 0 radical (unpaired) electrons. The van der Waals surface area contributed by atoms with Crippen molar-refractivity contribution in [2.45, 2.75) is 0 Å². The molecule has 1 rings (SSSR count). The average Bonchev–Trinajstić information content (AvgIpc) is 2.10. The van der Waals surface area contributed by atoms with Crippen LogP contribution >= 0.6 is 38.9 Å². The van der Waals surface area contributed by atoms with Crippen LogP contribution in [0.2, 0.25) is 4.47 Å². The second kappa shape index (κ2) is 2.86. The lowest BCUT2D eigenvalue weighted by atomic mass is 10.6. The average molecular weight is 242 g/mol. The summed E-state index contributed by atoms with van der Waals surface area (Å²) in [6, 6.07) is 0. The highest BCUT2D eigenvalue weighted by atomic mass is 79.9. The highest BCUT2D eigenvalue weighted by molar-refractivity contribution is 9.10. The summed E-state index contributed by atoms with van der Waals surface area (Å²) < 4.78 is 0.513. The highest BCUT2D eigenvalue weighted by Gasteiger charge is 2.13. The van der Waals surface area contributed by atoms with Crippen LogP contribution in [0.5, 0.6) is 0 Å². The molecule has 0 aliphatic rings. The third-order valence-electron chi connectivity index (χ3n) is 0.754. The van der Waals surface area contributed by atoms with E-state index in [0.717, 1.165) is 11.3 Å². The van der Waals surface area contributed by atoms with Crippen LogP contribution in [-0.2, 0) is 0 Å². The van der Waals surface area contributed by atoms with Gasteiger partial charge in [0.15, 0.2) is 4.47 Å². The molecule has 1 aromatic rings. The molecule has 10 heavy (non-hydrogen) atoms. The van der Waals surface area contributed by atoms with Crippen molar-refractivity contribution in [1.82, 2.24) is 4.98 Å². The lowest BCUT2D eigenvalue weighted by molar-refractivity contribution is 0.0701. The quantitative estimate of drug-likeness (QED) is 0.822. The van der Waals surface area contributed by atoms with E-state index in [9.17, 15) is 4.79 Å². The smallest absolute Gasteiger partial charge is 0.348 e. The van der Waals surface area contributed by atoms with E-state index in [2.05, 4.69) is 20.9 Å². The summed E-state index contributed by atoms with van der Waals surface area (Å²) in [6.07, 6.45) is 0. The number of carboxylic acids is 1. The molecule has 0 fully saturated rings. The summed E-state index contributed by atoms with van der Waals surface area (Å²) in [5.74, 6) is -1.02. The van der Waals surface area contributed by atoms with Crippen molar-refractivity contribution in [3.63, 3.8) is 0 Å². The van der Waals surface area contributed by atoms with E-state index in [0.29, 0.717) is 0 Å². The zero-order chi connectivity index (χ0) is 7.72. The Morgan fingerprint density at radius 3 is 2.60 bits per heavy atom. The van der Waals surface area contributed by atoms with E-state index < -0.39 is 5.97 Å². The first kappa shape index (κ1) is 7.97. The number of rotatable bonds is 1. The van der Waals surface area contributed by atoms with E-state index in [4.69, 9.17) is 16.7 Å². The van der Waals surface area contributed by atoms with Gasteiger partial charge in [-0.1, -0.05) is 22.9 Å². The van der Waals surface area contributed by atoms with Gasteiger partial charge in [0.1, 0.15) is 9.48 Å². The fourth-order valence-corrected chi connectivity index (χ4v) is 2.06. The fraction of sp³-hybridized carbons (Fsp3) is 0. The van der Waals surface area contributed by atoms with Crippen LogP contribution in [0.4, 0.5) is 0 Å². The van der Waals surface area contributed by atoms with E-state index in [1.165, 1.54) is 0 Å². The van der Waals surface area contributed by atoms with Gasteiger partial charge >= 0.3 is 5.97 Å². The van der Waals surface area contributed by atoms with Gasteiger partial charge in [0.2, 0.25) is 0 Å². The molecular formula is C4HBrClNO2S. The summed E-state index contributed by atoms with van der Waals surface area (Å²) in [6.45, 7) is 0. The van der Waals surface area contributed by atoms with Gasteiger partial charge in [-0.15, -0.1) is 0 Å². The number of nitrogens with zero attached hydrogens (tertiary/aromatic N) is 1. The third kappa shape index (κ3) is 1.47. The van der Waals surface area contributed by atoms with Crippen LogP contribution in [0.3, 0.4) is 0 Å². The highest BCUT2D eigenvalue weighted by Crippen LogP contribution is 2.26. The monoisotopic (exact) mass is 241 g/mol. The molecule has 1 aromatic heterocycles. The van der Waals surface area contributed by atoms with E-state index in [1.54, 1.807) is 0 Å². The second-order valence-electron chi connectivity index (χ2n) is 1.39. The molecule has 0 aliphatic heterocycles. The summed E-state index contributed by atoms with van der Waals surface area (Å²) in [5.41, 5.74) is 0. The van der Waals surface area contributed by atoms with Gasteiger partial charge in [0, 0.05) is 0 Å². The maximum Gasteiger partial charge on any atom is 0.348 e.